The topological polar surface area (TPSA) is 68.9 Å². The Labute approximate surface area is 108 Å². The second kappa shape index (κ2) is 7.55. The maximum atomic E-state index is 5.55. The molecule has 0 heterocycles. The fourth-order valence-electron chi connectivity index (χ4n) is 1.58. The number of hydrazine groups is 1. The summed E-state index contributed by atoms with van der Waals surface area (Å²) in [5.74, 6) is 7.54. The molecule has 0 aliphatic rings. The lowest BCUT2D eigenvalue weighted by atomic mass is 10.2. The lowest BCUT2D eigenvalue weighted by Gasteiger charge is -2.13. The van der Waals surface area contributed by atoms with Crippen LogP contribution in [0, 0.1) is 0 Å². The largest absolute Gasteiger partial charge is 0.490 e. The first-order valence-corrected chi connectivity index (χ1v) is 6.17. The van der Waals surface area contributed by atoms with Crippen molar-refractivity contribution in [2.24, 2.45) is 10.8 Å². The third-order valence-electron chi connectivity index (χ3n) is 2.27. The molecule has 0 aliphatic carbocycles. The quantitative estimate of drug-likeness (QED) is 0.349. The van der Waals surface area contributed by atoms with E-state index in [1.807, 2.05) is 39.0 Å². The minimum atomic E-state index is 0.583. The van der Waals surface area contributed by atoms with Gasteiger partial charge >= 0.3 is 0 Å². The van der Waals surface area contributed by atoms with Crippen LogP contribution in [0.25, 0.3) is 0 Å². The summed E-state index contributed by atoms with van der Waals surface area (Å²) >= 11 is 0. The van der Waals surface area contributed by atoms with Crippen molar-refractivity contribution in [1.82, 2.24) is 5.43 Å². The Balaban J connectivity index is 3.08. The van der Waals surface area contributed by atoms with Gasteiger partial charge < -0.3 is 14.9 Å². The van der Waals surface area contributed by atoms with Gasteiger partial charge in [0.05, 0.1) is 13.2 Å². The highest BCUT2D eigenvalue weighted by molar-refractivity contribution is 5.98. The minimum absolute atomic E-state index is 0.583. The number of ether oxygens (including phenoxy) is 2. The fourth-order valence-corrected chi connectivity index (χ4v) is 1.58. The van der Waals surface area contributed by atoms with E-state index in [0.717, 1.165) is 11.3 Å². The predicted molar refractivity (Wildman–Crippen MR) is 73.2 cm³/mol. The van der Waals surface area contributed by atoms with E-state index in [-0.39, 0.29) is 0 Å². The second-order valence-corrected chi connectivity index (χ2v) is 3.49. The van der Waals surface area contributed by atoms with E-state index in [1.54, 1.807) is 0 Å². The van der Waals surface area contributed by atoms with Gasteiger partial charge in [-0.05, 0) is 39.0 Å². The first-order valence-electron chi connectivity index (χ1n) is 6.17. The van der Waals surface area contributed by atoms with Gasteiger partial charge in [0.15, 0.2) is 11.5 Å². The Bertz CT molecular complexity index is 405. The normalized spacial score (nSPS) is 11.2. The van der Waals surface area contributed by atoms with Crippen molar-refractivity contribution in [3.63, 3.8) is 0 Å². The molecule has 0 bridgehead atoms. The first kappa shape index (κ1) is 14.3. The van der Waals surface area contributed by atoms with Gasteiger partial charge in [-0.3, -0.25) is 4.99 Å². The zero-order chi connectivity index (χ0) is 13.4. The molecule has 18 heavy (non-hydrogen) atoms. The molecule has 5 heteroatoms. The summed E-state index contributed by atoms with van der Waals surface area (Å²) in [6.45, 7) is 7.68. The van der Waals surface area contributed by atoms with Crippen LogP contribution in [0.1, 0.15) is 26.3 Å². The summed E-state index contributed by atoms with van der Waals surface area (Å²) in [5, 5.41) is 0. The van der Waals surface area contributed by atoms with E-state index < -0.39 is 0 Å². The van der Waals surface area contributed by atoms with E-state index in [1.165, 1.54) is 0 Å². The Morgan fingerprint density at radius 3 is 2.39 bits per heavy atom. The van der Waals surface area contributed by atoms with Crippen LogP contribution in [0.4, 0.5) is 0 Å². The van der Waals surface area contributed by atoms with Gasteiger partial charge in [0, 0.05) is 12.1 Å². The molecule has 100 valence electrons. The Morgan fingerprint density at radius 2 is 1.83 bits per heavy atom. The molecule has 1 aromatic carbocycles. The van der Waals surface area contributed by atoms with Crippen molar-refractivity contribution in [3.05, 3.63) is 23.8 Å². The van der Waals surface area contributed by atoms with Crippen LogP contribution in [0.15, 0.2) is 23.2 Å². The maximum absolute atomic E-state index is 5.55. The van der Waals surface area contributed by atoms with Crippen molar-refractivity contribution in [3.8, 4) is 11.5 Å². The number of nitrogens with one attached hydrogen (secondary N) is 1. The molecule has 0 atom stereocenters. The Morgan fingerprint density at radius 1 is 1.17 bits per heavy atom. The lowest BCUT2D eigenvalue weighted by Crippen LogP contribution is -2.31. The van der Waals surface area contributed by atoms with E-state index in [9.17, 15) is 0 Å². The minimum Gasteiger partial charge on any atom is -0.490 e. The summed E-state index contributed by atoms with van der Waals surface area (Å²) in [6.07, 6.45) is 0. The van der Waals surface area contributed by atoms with Crippen molar-refractivity contribution < 1.29 is 9.47 Å². The standard InChI is InChI=1S/C13H21N3O2/c1-4-15-13(16-14)10-7-8-11(17-5-2)12(9-10)18-6-3/h7-9H,4-6,14H2,1-3H3,(H,15,16). The number of nitrogens with zero attached hydrogens (tertiary/aromatic N) is 1. The summed E-state index contributed by atoms with van der Waals surface area (Å²) in [7, 11) is 0. The van der Waals surface area contributed by atoms with E-state index in [0.29, 0.717) is 31.3 Å². The molecule has 0 radical (unpaired) electrons. The molecular formula is C13H21N3O2. The molecular weight excluding hydrogens is 230 g/mol. The Kier molecular flexibility index (Phi) is 6.00. The molecule has 0 saturated carbocycles. The zero-order valence-electron chi connectivity index (χ0n) is 11.2. The van der Waals surface area contributed by atoms with Crippen molar-refractivity contribution in [2.45, 2.75) is 20.8 Å². The number of hydrogen-bond acceptors (Lipinski definition) is 4. The Hall–Kier alpha value is -1.75. The monoisotopic (exact) mass is 251 g/mol. The van der Waals surface area contributed by atoms with Gasteiger partial charge in [0.2, 0.25) is 0 Å². The molecule has 0 saturated heterocycles. The summed E-state index contributed by atoms with van der Waals surface area (Å²) < 4.78 is 11.1. The van der Waals surface area contributed by atoms with Crippen molar-refractivity contribution in [1.29, 1.82) is 0 Å². The third-order valence-corrected chi connectivity index (χ3v) is 2.27. The summed E-state index contributed by atoms with van der Waals surface area (Å²) in [6, 6.07) is 5.65. The van der Waals surface area contributed by atoms with Gasteiger partial charge in [-0.1, -0.05) is 0 Å². The van der Waals surface area contributed by atoms with Crippen LogP contribution in [0.5, 0.6) is 11.5 Å². The third kappa shape index (κ3) is 3.63. The summed E-state index contributed by atoms with van der Waals surface area (Å²) in [5.41, 5.74) is 3.47. The van der Waals surface area contributed by atoms with Crippen LogP contribution in [0.2, 0.25) is 0 Å². The second-order valence-electron chi connectivity index (χ2n) is 3.49. The SMILES string of the molecule is CCN=C(NN)c1ccc(OCC)c(OCC)c1. The molecule has 0 spiro atoms. The van der Waals surface area contributed by atoms with Gasteiger partial charge in [-0.25, -0.2) is 5.84 Å². The van der Waals surface area contributed by atoms with Crippen LogP contribution in [0.3, 0.4) is 0 Å². The molecule has 3 N–H and O–H groups in total. The molecule has 1 rings (SSSR count). The number of nitrogens with two attached hydrogens (primary N) is 1. The van der Waals surface area contributed by atoms with Crippen LogP contribution in [-0.4, -0.2) is 25.6 Å². The van der Waals surface area contributed by atoms with Gasteiger partial charge in [0.25, 0.3) is 0 Å². The number of amidine groups is 1. The number of hydrogen-bond donors (Lipinski definition) is 2. The average Bonchev–Trinajstić information content (AvgIpc) is 2.38. The van der Waals surface area contributed by atoms with E-state index in [4.69, 9.17) is 15.3 Å². The van der Waals surface area contributed by atoms with E-state index >= 15 is 0 Å². The molecule has 0 fully saturated rings. The zero-order valence-corrected chi connectivity index (χ0v) is 11.2. The number of benzene rings is 1. The van der Waals surface area contributed by atoms with Crippen LogP contribution < -0.4 is 20.7 Å². The number of rotatable bonds is 6. The average molecular weight is 251 g/mol. The number of aliphatic imine (C=N–C) groups is 1. The van der Waals surface area contributed by atoms with Gasteiger partial charge in [-0.2, -0.15) is 0 Å². The van der Waals surface area contributed by atoms with Crippen LogP contribution in [-0.2, 0) is 0 Å². The maximum Gasteiger partial charge on any atom is 0.161 e. The van der Waals surface area contributed by atoms with Crippen molar-refractivity contribution in [2.75, 3.05) is 19.8 Å². The molecule has 0 aliphatic heterocycles. The van der Waals surface area contributed by atoms with Crippen LogP contribution >= 0.6 is 0 Å². The van der Waals surface area contributed by atoms with Crippen molar-refractivity contribution >= 4 is 5.84 Å². The molecule has 0 amide bonds. The van der Waals surface area contributed by atoms with Gasteiger partial charge in [0.1, 0.15) is 5.84 Å². The molecule has 0 aromatic heterocycles. The van der Waals surface area contributed by atoms with E-state index in [2.05, 4.69) is 10.4 Å². The first-order chi connectivity index (χ1) is 8.76. The molecule has 1 aromatic rings. The fraction of sp³-hybridized carbons (Fsp3) is 0.462. The smallest absolute Gasteiger partial charge is 0.161 e. The highest BCUT2D eigenvalue weighted by atomic mass is 16.5. The highest BCUT2D eigenvalue weighted by Crippen LogP contribution is 2.28. The summed E-state index contributed by atoms with van der Waals surface area (Å²) in [4.78, 5) is 4.27. The molecule has 5 nitrogen and oxygen atoms in total. The lowest BCUT2D eigenvalue weighted by molar-refractivity contribution is 0.287. The highest BCUT2D eigenvalue weighted by Gasteiger charge is 2.09. The predicted octanol–water partition coefficient (Wildman–Crippen LogP) is 1.71. The molecule has 0 unspecified atom stereocenters. The van der Waals surface area contributed by atoms with Gasteiger partial charge in [-0.15, -0.1) is 0 Å².